The highest BCUT2D eigenvalue weighted by Gasteiger charge is 2.06. The molecule has 4 aromatic rings. The predicted molar refractivity (Wildman–Crippen MR) is 119 cm³/mol. The van der Waals surface area contributed by atoms with E-state index in [0.29, 0.717) is 32.8 Å². The second-order valence-corrected chi connectivity index (χ2v) is 6.93. The standard InChI is InChI=1S/C21H15Cl2N5O2/c22-17-3-1-2-13(19(17)23)12-26-28-21(29)27-14-4-6-15(7-5-14)30-18-9-11-25-20-16(18)8-10-24-20/h1-12H,(H,24,25)(H2,27,28,29)/b26-12+. The molecule has 4 rings (SSSR count). The summed E-state index contributed by atoms with van der Waals surface area (Å²) in [6.07, 6.45) is 4.89. The fourth-order valence-corrected chi connectivity index (χ4v) is 3.05. The Kier molecular flexibility index (Phi) is 5.83. The number of carbonyl (C=O) groups is 1. The molecule has 7 nitrogen and oxygen atoms in total. The summed E-state index contributed by atoms with van der Waals surface area (Å²) in [4.78, 5) is 19.3. The molecule has 0 atom stereocenters. The number of pyridine rings is 1. The van der Waals surface area contributed by atoms with Crippen LogP contribution in [0, 0.1) is 0 Å². The highest BCUT2D eigenvalue weighted by Crippen LogP contribution is 2.29. The Morgan fingerprint density at radius 1 is 1.10 bits per heavy atom. The molecule has 2 amide bonds. The Labute approximate surface area is 181 Å². The molecule has 0 unspecified atom stereocenters. The van der Waals surface area contributed by atoms with Crippen LogP contribution in [0.15, 0.2) is 72.1 Å². The zero-order chi connectivity index (χ0) is 20.9. The van der Waals surface area contributed by atoms with E-state index >= 15 is 0 Å². The second kappa shape index (κ2) is 8.86. The maximum atomic E-state index is 12.0. The quantitative estimate of drug-likeness (QED) is 0.270. The number of urea groups is 1. The molecule has 0 aliphatic rings. The number of halogens is 2. The number of amides is 2. The van der Waals surface area contributed by atoms with Crippen LogP contribution in [0.25, 0.3) is 11.0 Å². The number of fused-ring (bicyclic) bond motifs is 1. The van der Waals surface area contributed by atoms with E-state index in [1.165, 1.54) is 6.21 Å². The van der Waals surface area contributed by atoms with Gasteiger partial charge in [-0.1, -0.05) is 35.3 Å². The molecule has 30 heavy (non-hydrogen) atoms. The van der Waals surface area contributed by atoms with E-state index in [0.717, 1.165) is 11.0 Å². The van der Waals surface area contributed by atoms with E-state index in [2.05, 4.69) is 25.8 Å². The number of ether oxygens (including phenoxy) is 1. The highest BCUT2D eigenvalue weighted by atomic mass is 35.5. The lowest BCUT2D eigenvalue weighted by Gasteiger charge is -2.08. The van der Waals surface area contributed by atoms with E-state index in [9.17, 15) is 4.79 Å². The third-order valence-electron chi connectivity index (χ3n) is 4.11. The molecular formula is C21H15Cl2N5O2. The van der Waals surface area contributed by atoms with Gasteiger partial charge in [-0.2, -0.15) is 5.10 Å². The molecule has 2 heterocycles. The maximum absolute atomic E-state index is 12.0. The lowest BCUT2D eigenvalue weighted by molar-refractivity contribution is 0.252. The number of hydrogen-bond donors (Lipinski definition) is 3. The predicted octanol–water partition coefficient (Wildman–Crippen LogP) is 5.82. The molecular weight excluding hydrogens is 425 g/mol. The van der Waals surface area contributed by atoms with Crippen LogP contribution in [0.3, 0.4) is 0 Å². The second-order valence-electron chi connectivity index (χ2n) is 6.14. The van der Waals surface area contributed by atoms with Crippen molar-refractivity contribution in [1.82, 2.24) is 15.4 Å². The molecule has 0 aliphatic carbocycles. The van der Waals surface area contributed by atoms with Crippen LogP contribution < -0.4 is 15.5 Å². The normalized spacial score (nSPS) is 11.0. The van der Waals surface area contributed by atoms with E-state index in [1.54, 1.807) is 60.9 Å². The number of hydrazone groups is 1. The molecule has 0 radical (unpaired) electrons. The summed E-state index contributed by atoms with van der Waals surface area (Å²) in [6, 6.07) is 15.3. The third-order valence-corrected chi connectivity index (χ3v) is 4.94. The Balaban J connectivity index is 1.35. The minimum absolute atomic E-state index is 0.367. The molecule has 150 valence electrons. The first-order chi connectivity index (χ1) is 14.6. The van der Waals surface area contributed by atoms with Crippen molar-refractivity contribution in [1.29, 1.82) is 0 Å². The molecule has 0 saturated carbocycles. The minimum Gasteiger partial charge on any atom is -0.457 e. The molecule has 2 aromatic carbocycles. The smallest absolute Gasteiger partial charge is 0.339 e. The number of anilines is 1. The minimum atomic E-state index is -0.499. The first kappa shape index (κ1) is 19.8. The summed E-state index contributed by atoms with van der Waals surface area (Å²) in [5, 5.41) is 8.22. The van der Waals surface area contributed by atoms with Gasteiger partial charge in [0, 0.05) is 23.6 Å². The zero-order valence-corrected chi connectivity index (χ0v) is 16.9. The van der Waals surface area contributed by atoms with Crippen molar-refractivity contribution in [2.45, 2.75) is 0 Å². The van der Waals surface area contributed by atoms with Crippen LogP contribution in [0.4, 0.5) is 10.5 Å². The van der Waals surface area contributed by atoms with Crippen molar-refractivity contribution in [3.05, 3.63) is 82.6 Å². The molecule has 0 aliphatic heterocycles. The molecule has 0 saturated heterocycles. The van der Waals surface area contributed by atoms with Gasteiger partial charge in [0.25, 0.3) is 0 Å². The first-order valence-electron chi connectivity index (χ1n) is 8.84. The van der Waals surface area contributed by atoms with Gasteiger partial charge in [0.05, 0.1) is 21.6 Å². The van der Waals surface area contributed by atoms with Crippen LogP contribution in [0.5, 0.6) is 11.5 Å². The van der Waals surface area contributed by atoms with Crippen LogP contribution in [-0.2, 0) is 0 Å². The number of aromatic nitrogens is 2. The average Bonchev–Trinajstić information content (AvgIpc) is 3.23. The van der Waals surface area contributed by atoms with Gasteiger partial charge < -0.3 is 15.0 Å². The van der Waals surface area contributed by atoms with E-state index < -0.39 is 6.03 Å². The third kappa shape index (κ3) is 4.53. The van der Waals surface area contributed by atoms with Gasteiger partial charge in [-0.25, -0.2) is 15.2 Å². The Morgan fingerprint density at radius 3 is 2.77 bits per heavy atom. The fraction of sp³-hybridized carbons (Fsp3) is 0. The number of hydrogen-bond acceptors (Lipinski definition) is 4. The summed E-state index contributed by atoms with van der Waals surface area (Å²) >= 11 is 12.0. The van der Waals surface area contributed by atoms with Crippen molar-refractivity contribution in [2.24, 2.45) is 5.10 Å². The largest absolute Gasteiger partial charge is 0.457 e. The lowest BCUT2D eigenvalue weighted by Crippen LogP contribution is -2.24. The van der Waals surface area contributed by atoms with Gasteiger partial charge >= 0.3 is 6.03 Å². The van der Waals surface area contributed by atoms with E-state index in [-0.39, 0.29) is 0 Å². The Hall–Kier alpha value is -3.55. The number of nitrogens with zero attached hydrogens (tertiary/aromatic N) is 2. The van der Waals surface area contributed by atoms with Crippen molar-refractivity contribution in [2.75, 3.05) is 5.32 Å². The number of carbonyl (C=O) groups excluding carboxylic acids is 1. The molecule has 2 aromatic heterocycles. The van der Waals surface area contributed by atoms with E-state index in [4.69, 9.17) is 27.9 Å². The fourth-order valence-electron chi connectivity index (χ4n) is 2.70. The van der Waals surface area contributed by atoms with Crippen molar-refractivity contribution >= 4 is 52.2 Å². The van der Waals surface area contributed by atoms with Gasteiger partial charge in [-0.3, -0.25) is 0 Å². The zero-order valence-electron chi connectivity index (χ0n) is 15.4. The van der Waals surface area contributed by atoms with Gasteiger partial charge in [-0.15, -0.1) is 0 Å². The highest BCUT2D eigenvalue weighted by molar-refractivity contribution is 6.43. The topological polar surface area (TPSA) is 91.4 Å². The maximum Gasteiger partial charge on any atom is 0.339 e. The van der Waals surface area contributed by atoms with Crippen molar-refractivity contribution in [3.8, 4) is 11.5 Å². The first-order valence-corrected chi connectivity index (χ1v) is 9.60. The summed E-state index contributed by atoms with van der Waals surface area (Å²) in [7, 11) is 0. The molecule has 0 spiro atoms. The monoisotopic (exact) mass is 439 g/mol. The van der Waals surface area contributed by atoms with Crippen LogP contribution in [0.2, 0.25) is 10.0 Å². The number of H-pyrrole nitrogens is 1. The van der Waals surface area contributed by atoms with Crippen molar-refractivity contribution in [3.63, 3.8) is 0 Å². The SMILES string of the molecule is O=C(N/N=C/c1cccc(Cl)c1Cl)Nc1ccc(Oc2ccnc3[nH]ccc23)cc1. The van der Waals surface area contributed by atoms with Crippen LogP contribution in [-0.4, -0.2) is 22.2 Å². The summed E-state index contributed by atoms with van der Waals surface area (Å²) in [6.45, 7) is 0. The molecule has 9 heteroatoms. The number of rotatable bonds is 5. The summed E-state index contributed by atoms with van der Waals surface area (Å²) in [5.74, 6) is 1.32. The molecule has 3 N–H and O–H groups in total. The van der Waals surface area contributed by atoms with Gasteiger partial charge in [0.15, 0.2) is 0 Å². The van der Waals surface area contributed by atoms with Crippen LogP contribution >= 0.6 is 23.2 Å². The van der Waals surface area contributed by atoms with E-state index in [1.807, 2.05) is 6.07 Å². The Bertz CT molecular complexity index is 1220. The molecule has 0 fully saturated rings. The van der Waals surface area contributed by atoms with Gasteiger partial charge in [0.1, 0.15) is 17.1 Å². The number of aromatic amines is 1. The summed E-state index contributed by atoms with van der Waals surface area (Å²) < 4.78 is 5.91. The molecule has 0 bridgehead atoms. The van der Waals surface area contributed by atoms with Crippen LogP contribution in [0.1, 0.15) is 5.56 Å². The summed E-state index contributed by atoms with van der Waals surface area (Å²) in [5.41, 5.74) is 4.30. The number of benzene rings is 2. The van der Waals surface area contributed by atoms with Gasteiger partial charge in [0.2, 0.25) is 0 Å². The average molecular weight is 440 g/mol. The Morgan fingerprint density at radius 2 is 1.93 bits per heavy atom. The van der Waals surface area contributed by atoms with Crippen molar-refractivity contribution < 1.29 is 9.53 Å². The van der Waals surface area contributed by atoms with Gasteiger partial charge in [-0.05, 0) is 42.5 Å². The number of nitrogens with one attached hydrogen (secondary N) is 3. The lowest BCUT2D eigenvalue weighted by atomic mass is 10.2.